The number of benzene rings is 2. The van der Waals surface area contributed by atoms with E-state index in [-0.39, 0.29) is 11.9 Å². The van der Waals surface area contributed by atoms with Gasteiger partial charge in [-0.3, -0.25) is 9.52 Å². The van der Waals surface area contributed by atoms with Gasteiger partial charge >= 0.3 is 0 Å². The molecule has 0 aliphatic heterocycles. The normalized spacial score (nSPS) is 14.2. The van der Waals surface area contributed by atoms with E-state index in [2.05, 4.69) is 4.72 Å². The summed E-state index contributed by atoms with van der Waals surface area (Å²) in [6.45, 7) is 1.93. The summed E-state index contributed by atoms with van der Waals surface area (Å²) in [7, 11) is -3.31. The largest absolute Gasteiger partial charge is 0.305 e. The van der Waals surface area contributed by atoms with Crippen LogP contribution < -0.4 is 9.62 Å². The molecule has 126 valence electrons. The van der Waals surface area contributed by atoms with Gasteiger partial charge in [-0.25, -0.2) is 8.42 Å². The highest BCUT2D eigenvalue weighted by Crippen LogP contribution is 2.34. The number of rotatable bonds is 5. The lowest BCUT2D eigenvalue weighted by molar-refractivity contribution is 0.0984. The highest BCUT2D eigenvalue weighted by molar-refractivity contribution is 7.92. The molecule has 5 nitrogen and oxygen atoms in total. The van der Waals surface area contributed by atoms with E-state index in [4.69, 9.17) is 0 Å². The molecule has 0 bridgehead atoms. The SMILES string of the molecule is Cc1ccccc1C(=O)N(c1ccc(NS(C)(=O)=O)cc1)C1CC1. The lowest BCUT2D eigenvalue weighted by Gasteiger charge is -2.24. The van der Waals surface area contributed by atoms with Gasteiger partial charge in [-0.1, -0.05) is 18.2 Å². The van der Waals surface area contributed by atoms with Gasteiger partial charge in [0.15, 0.2) is 0 Å². The van der Waals surface area contributed by atoms with Crippen molar-refractivity contribution in [2.45, 2.75) is 25.8 Å². The fraction of sp³-hybridized carbons (Fsp3) is 0.278. The zero-order valence-electron chi connectivity index (χ0n) is 13.7. The molecule has 3 rings (SSSR count). The van der Waals surface area contributed by atoms with Crippen LogP contribution in [-0.2, 0) is 10.0 Å². The second-order valence-electron chi connectivity index (χ2n) is 6.14. The summed E-state index contributed by atoms with van der Waals surface area (Å²) in [6.07, 6.45) is 3.08. The highest BCUT2D eigenvalue weighted by Gasteiger charge is 2.34. The van der Waals surface area contributed by atoms with E-state index in [1.165, 1.54) is 0 Å². The molecule has 0 radical (unpaired) electrons. The molecule has 0 atom stereocenters. The van der Waals surface area contributed by atoms with Crippen LogP contribution in [0.2, 0.25) is 0 Å². The van der Waals surface area contributed by atoms with Gasteiger partial charge in [0.2, 0.25) is 10.0 Å². The monoisotopic (exact) mass is 344 g/mol. The summed E-state index contributed by atoms with van der Waals surface area (Å²) in [5.74, 6) is -0.0144. The zero-order valence-corrected chi connectivity index (χ0v) is 14.5. The number of anilines is 2. The number of carbonyl (C=O) groups excluding carboxylic acids is 1. The molecule has 0 heterocycles. The summed E-state index contributed by atoms with van der Waals surface area (Å²) in [5, 5.41) is 0. The van der Waals surface area contributed by atoms with Crippen LogP contribution >= 0.6 is 0 Å². The molecular formula is C18H20N2O3S. The molecule has 0 spiro atoms. The Labute approximate surface area is 142 Å². The van der Waals surface area contributed by atoms with Gasteiger partial charge in [0.05, 0.1) is 6.26 Å². The number of amides is 1. The molecule has 1 amide bonds. The van der Waals surface area contributed by atoms with Gasteiger partial charge in [-0.2, -0.15) is 0 Å². The fourth-order valence-corrected chi connectivity index (χ4v) is 3.24. The molecule has 6 heteroatoms. The Kier molecular flexibility index (Phi) is 4.32. The Morgan fingerprint density at radius 2 is 1.71 bits per heavy atom. The van der Waals surface area contributed by atoms with E-state index in [1.807, 2.05) is 36.1 Å². The predicted octanol–water partition coefficient (Wildman–Crippen LogP) is 3.18. The van der Waals surface area contributed by atoms with Gasteiger partial charge in [-0.05, 0) is 55.7 Å². The van der Waals surface area contributed by atoms with Gasteiger partial charge in [-0.15, -0.1) is 0 Å². The van der Waals surface area contributed by atoms with E-state index in [0.29, 0.717) is 11.3 Å². The minimum absolute atomic E-state index is 0.0144. The van der Waals surface area contributed by atoms with Crippen LogP contribution in [0.15, 0.2) is 48.5 Å². The molecule has 1 N–H and O–H groups in total. The first-order valence-electron chi connectivity index (χ1n) is 7.82. The van der Waals surface area contributed by atoms with Crippen LogP contribution in [0.4, 0.5) is 11.4 Å². The molecule has 0 aromatic heterocycles. The molecule has 2 aromatic rings. The van der Waals surface area contributed by atoms with Crippen LogP contribution in [0.1, 0.15) is 28.8 Å². The van der Waals surface area contributed by atoms with Crippen molar-refractivity contribution >= 4 is 27.3 Å². The van der Waals surface area contributed by atoms with E-state index in [0.717, 1.165) is 30.3 Å². The van der Waals surface area contributed by atoms with Crippen molar-refractivity contribution in [3.63, 3.8) is 0 Å². The summed E-state index contributed by atoms with van der Waals surface area (Å²) in [5.41, 5.74) is 2.91. The Balaban J connectivity index is 1.89. The lowest BCUT2D eigenvalue weighted by Crippen LogP contribution is -2.33. The van der Waals surface area contributed by atoms with Crippen LogP contribution in [-0.4, -0.2) is 26.6 Å². The maximum absolute atomic E-state index is 13.0. The summed E-state index contributed by atoms with van der Waals surface area (Å²) in [6, 6.07) is 14.7. The fourth-order valence-electron chi connectivity index (χ4n) is 2.67. The van der Waals surface area contributed by atoms with E-state index < -0.39 is 10.0 Å². The number of nitrogens with zero attached hydrogens (tertiary/aromatic N) is 1. The van der Waals surface area contributed by atoms with Crippen molar-refractivity contribution in [2.75, 3.05) is 15.9 Å². The number of carbonyl (C=O) groups is 1. The standard InChI is InChI=1S/C18H20N2O3S/c1-13-5-3-4-6-17(13)18(21)20(16-11-12-16)15-9-7-14(8-10-15)19-24(2,22)23/h3-10,16,19H,11-12H2,1-2H3. The third-order valence-corrected chi connectivity index (χ3v) is 4.56. The Hall–Kier alpha value is -2.34. The molecule has 1 saturated carbocycles. The predicted molar refractivity (Wildman–Crippen MR) is 95.9 cm³/mol. The third-order valence-electron chi connectivity index (χ3n) is 3.96. The Bertz CT molecular complexity index is 856. The molecule has 0 saturated heterocycles. The highest BCUT2D eigenvalue weighted by atomic mass is 32.2. The maximum Gasteiger partial charge on any atom is 0.258 e. The summed E-state index contributed by atoms with van der Waals surface area (Å²) in [4.78, 5) is 14.8. The minimum atomic E-state index is -3.31. The average molecular weight is 344 g/mol. The molecular weight excluding hydrogens is 324 g/mol. The van der Waals surface area contributed by atoms with Crippen molar-refractivity contribution in [3.8, 4) is 0 Å². The maximum atomic E-state index is 13.0. The van der Waals surface area contributed by atoms with Crippen LogP contribution in [0, 0.1) is 6.92 Å². The van der Waals surface area contributed by atoms with Crippen LogP contribution in [0.5, 0.6) is 0 Å². The molecule has 1 fully saturated rings. The summed E-state index contributed by atoms with van der Waals surface area (Å²) >= 11 is 0. The van der Waals surface area contributed by atoms with E-state index >= 15 is 0 Å². The van der Waals surface area contributed by atoms with Crippen LogP contribution in [0.3, 0.4) is 0 Å². The van der Waals surface area contributed by atoms with E-state index in [9.17, 15) is 13.2 Å². The molecule has 0 unspecified atom stereocenters. The second kappa shape index (κ2) is 6.28. The smallest absolute Gasteiger partial charge is 0.258 e. The molecule has 2 aromatic carbocycles. The van der Waals surface area contributed by atoms with Crippen molar-refractivity contribution in [2.24, 2.45) is 0 Å². The second-order valence-corrected chi connectivity index (χ2v) is 7.89. The first-order chi connectivity index (χ1) is 11.3. The van der Waals surface area contributed by atoms with Crippen LogP contribution in [0.25, 0.3) is 0 Å². The van der Waals surface area contributed by atoms with Gasteiger partial charge in [0.25, 0.3) is 5.91 Å². The number of hydrogen-bond donors (Lipinski definition) is 1. The third kappa shape index (κ3) is 3.76. The first kappa shape index (κ1) is 16.5. The summed E-state index contributed by atoms with van der Waals surface area (Å²) < 4.78 is 25.0. The van der Waals surface area contributed by atoms with Crippen molar-refractivity contribution in [1.29, 1.82) is 0 Å². The molecule has 24 heavy (non-hydrogen) atoms. The topological polar surface area (TPSA) is 66.5 Å². The lowest BCUT2D eigenvalue weighted by atomic mass is 10.1. The number of aryl methyl sites for hydroxylation is 1. The number of hydrogen-bond acceptors (Lipinski definition) is 3. The molecule has 1 aliphatic rings. The van der Waals surface area contributed by atoms with Gasteiger partial charge in [0, 0.05) is 23.0 Å². The number of sulfonamides is 1. The quantitative estimate of drug-likeness (QED) is 0.906. The van der Waals surface area contributed by atoms with Crippen molar-refractivity contribution < 1.29 is 13.2 Å². The molecule has 1 aliphatic carbocycles. The number of nitrogens with one attached hydrogen (secondary N) is 1. The zero-order chi connectivity index (χ0) is 17.3. The van der Waals surface area contributed by atoms with Gasteiger partial charge in [0.1, 0.15) is 0 Å². The van der Waals surface area contributed by atoms with Crippen molar-refractivity contribution in [3.05, 3.63) is 59.7 Å². The Morgan fingerprint density at radius 3 is 2.25 bits per heavy atom. The van der Waals surface area contributed by atoms with Crippen molar-refractivity contribution in [1.82, 2.24) is 0 Å². The Morgan fingerprint density at radius 1 is 1.08 bits per heavy atom. The average Bonchev–Trinajstić information content (AvgIpc) is 3.33. The van der Waals surface area contributed by atoms with Gasteiger partial charge < -0.3 is 4.90 Å². The first-order valence-corrected chi connectivity index (χ1v) is 9.71. The minimum Gasteiger partial charge on any atom is -0.305 e. The van der Waals surface area contributed by atoms with E-state index in [1.54, 1.807) is 24.3 Å².